The lowest BCUT2D eigenvalue weighted by Crippen LogP contribution is -2.54. The van der Waals surface area contributed by atoms with Crippen LogP contribution in [-0.2, 0) is 16.6 Å². The number of hydrogen-bond acceptors (Lipinski definition) is 4. The van der Waals surface area contributed by atoms with E-state index in [1.54, 1.807) is 10.7 Å². The molecule has 1 saturated carbocycles. The maximum Gasteiger partial charge on any atom is 0.239 e. The maximum atomic E-state index is 12.4. The van der Waals surface area contributed by atoms with Crippen molar-refractivity contribution in [3.05, 3.63) is 12.3 Å². The third-order valence-electron chi connectivity index (χ3n) is 6.73. The highest BCUT2D eigenvalue weighted by atomic mass is 16.2. The second-order valence-electron chi connectivity index (χ2n) is 8.66. The van der Waals surface area contributed by atoms with E-state index in [1.165, 1.54) is 25.7 Å². The van der Waals surface area contributed by atoms with Gasteiger partial charge in [0.25, 0.3) is 0 Å². The first kappa shape index (κ1) is 18.5. The van der Waals surface area contributed by atoms with Crippen LogP contribution in [0.4, 0.5) is 5.82 Å². The predicted octanol–water partition coefficient (Wildman–Crippen LogP) is 2.01. The molecule has 27 heavy (non-hydrogen) atoms. The van der Waals surface area contributed by atoms with Gasteiger partial charge in [-0.15, -0.1) is 0 Å². The van der Waals surface area contributed by atoms with Crippen molar-refractivity contribution < 1.29 is 9.59 Å². The summed E-state index contributed by atoms with van der Waals surface area (Å²) in [6.45, 7) is 3.22. The lowest BCUT2D eigenvalue weighted by molar-refractivity contribution is -0.142. The highest BCUT2D eigenvalue weighted by Crippen LogP contribution is 2.42. The van der Waals surface area contributed by atoms with Gasteiger partial charge in [0.15, 0.2) is 5.82 Å². The van der Waals surface area contributed by atoms with E-state index < -0.39 is 0 Å². The molecule has 1 aromatic heterocycles. The molecule has 4 rings (SSSR count). The molecule has 3 fully saturated rings. The molecule has 148 valence electrons. The number of carbonyl (C=O) groups excluding carboxylic acids is 2. The zero-order valence-electron chi connectivity index (χ0n) is 16.3. The summed E-state index contributed by atoms with van der Waals surface area (Å²) < 4.78 is 1.68. The summed E-state index contributed by atoms with van der Waals surface area (Å²) in [4.78, 5) is 29.2. The van der Waals surface area contributed by atoms with Gasteiger partial charge in [0, 0.05) is 38.3 Å². The Hall–Kier alpha value is -1.89. The Kier molecular flexibility index (Phi) is 5.21. The monoisotopic (exact) mass is 373 g/mol. The summed E-state index contributed by atoms with van der Waals surface area (Å²) in [7, 11) is 1.84. The molecular weight excluding hydrogens is 342 g/mol. The number of likely N-dealkylation sites (tertiary alicyclic amines) is 2. The third-order valence-corrected chi connectivity index (χ3v) is 6.73. The van der Waals surface area contributed by atoms with E-state index in [2.05, 4.69) is 20.2 Å². The van der Waals surface area contributed by atoms with Crippen molar-refractivity contribution >= 4 is 17.6 Å². The number of hydrogen-bond donors (Lipinski definition) is 1. The smallest absolute Gasteiger partial charge is 0.239 e. The highest BCUT2D eigenvalue weighted by Gasteiger charge is 2.43. The Bertz CT molecular complexity index is 686. The molecule has 1 spiro atoms. The second kappa shape index (κ2) is 7.62. The Morgan fingerprint density at radius 1 is 1.26 bits per heavy atom. The summed E-state index contributed by atoms with van der Waals surface area (Å²) in [5, 5.41) is 7.06. The fourth-order valence-electron chi connectivity index (χ4n) is 5.05. The van der Waals surface area contributed by atoms with Gasteiger partial charge in [-0.05, 0) is 50.6 Å². The summed E-state index contributed by atoms with van der Waals surface area (Å²) in [6, 6.07) is 2.29. The van der Waals surface area contributed by atoms with E-state index >= 15 is 0 Å². The number of aryl methyl sites for hydroxylation is 1. The number of rotatable bonds is 4. The van der Waals surface area contributed by atoms with Crippen molar-refractivity contribution in [2.24, 2.45) is 12.5 Å². The first-order valence-electron chi connectivity index (χ1n) is 10.3. The quantitative estimate of drug-likeness (QED) is 0.876. The number of amides is 2. The summed E-state index contributed by atoms with van der Waals surface area (Å²) in [5.74, 6) is 0.967. The lowest BCUT2D eigenvalue weighted by Gasteiger charge is -2.49. The van der Waals surface area contributed by atoms with Crippen molar-refractivity contribution in [1.29, 1.82) is 0 Å². The van der Waals surface area contributed by atoms with E-state index in [1.807, 2.05) is 13.2 Å². The largest absolute Gasteiger partial charge is 0.339 e. The molecule has 7 nitrogen and oxygen atoms in total. The van der Waals surface area contributed by atoms with Crippen LogP contribution in [0.15, 0.2) is 12.3 Å². The molecule has 0 unspecified atom stereocenters. The fourth-order valence-corrected chi connectivity index (χ4v) is 5.05. The van der Waals surface area contributed by atoms with E-state index in [4.69, 9.17) is 0 Å². The minimum absolute atomic E-state index is 0.00365. The Morgan fingerprint density at radius 3 is 2.67 bits per heavy atom. The minimum Gasteiger partial charge on any atom is -0.339 e. The van der Waals surface area contributed by atoms with Crippen LogP contribution in [0.5, 0.6) is 0 Å². The molecule has 7 heteroatoms. The molecular formula is C20H31N5O2. The molecule has 0 atom stereocenters. The molecule has 0 bridgehead atoms. The average Bonchev–Trinajstić information content (AvgIpc) is 3.31. The van der Waals surface area contributed by atoms with E-state index in [9.17, 15) is 9.59 Å². The topological polar surface area (TPSA) is 70.5 Å². The standard InChI is InChI=1S/C20H31N5O2/c1-23-11-7-17(22-23)21-18(26)14-24-12-9-20(10-13-24)8-6-19(27)25(15-20)16-4-2-3-5-16/h7,11,16H,2-6,8-10,12-15H2,1H3,(H,21,22,26). The molecule has 3 aliphatic rings. The summed E-state index contributed by atoms with van der Waals surface area (Å²) in [5.41, 5.74) is 0.268. The van der Waals surface area contributed by atoms with Gasteiger partial charge in [-0.2, -0.15) is 5.10 Å². The van der Waals surface area contributed by atoms with Crippen LogP contribution in [0.25, 0.3) is 0 Å². The van der Waals surface area contributed by atoms with E-state index in [0.717, 1.165) is 38.9 Å². The molecule has 1 N–H and O–H groups in total. The Morgan fingerprint density at radius 2 is 2.00 bits per heavy atom. The number of nitrogens with one attached hydrogen (secondary N) is 1. The molecule has 2 amide bonds. The average molecular weight is 374 g/mol. The number of aromatic nitrogens is 2. The van der Waals surface area contributed by atoms with Gasteiger partial charge in [-0.3, -0.25) is 19.2 Å². The van der Waals surface area contributed by atoms with Gasteiger partial charge >= 0.3 is 0 Å². The van der Waals surface area contributed by atoms with Crippen LogP contribution >= 0.6 is 0 Å². The van der Waals surface area contributed by atoms with Crippen LogP contribution in [0.3, 0.4) is 0 Å². The van der Waals surface area contributed by atoms with Crippen molar-refractivity contribution in [1.82, 2.24) is 19.6 Å². The Balaban J connectivity index is 1.28. The van der Waals surface area contributed by atoms with Gasteiger partial charge in [0.05, 0.1) is 6.54 Å². The van der Waals surface area contributed by atoms with Crippen LogP contribution in [0, 0.1) is 5.41 Å². The van der Waals surface area contributed by atoms with Gasteiger partial charge in [0.2, 0.25) is 11.8 Å². The van der Waals surface area contributed by atoms with Crippen molar-refractivity contribution in [3.63, 3.8) is 0 Å². The van der Waals surface area contributed by atoms with E-state index in [0.29, 0.717) is 30.7 Å². The van der Waals surface area contributed by atoms with Crippen LogP contribution < -0.4 is 5.32 Å². The summed E-state index contributed by atoms with van der Waals surface area (Å²) in [6.07, 6.45) is 10.6. The maximum absolute atomic E-state index is 12.4. The number of carbonyl (C=O) groups is 2. The number of anilines is 1. The van der Waals surface area contributed by atoms with Gasteiger partial charge in [-0.1, -0.05) is 12.8 Å². The summed E-state index contributed by atoms with van der Waals surface area (Å²) >= 11 is 0. The van der Waals surface area contributed by atoms with Crippen molar-refractivity contribution in [2.75, 3.05) is 31.5 Å². The molecule has 1 aromatic rings. The van der Waals surface area contributed by atoms with Gasteiger partial charge < -0.3 is 10.2 Å². The Labute approximate surface area is 161 Å². The fraction of sp³-hybridized carbons (Fsp3) is 0.750. The molecule has 2 saturated heterocycles. The first-order valence-corrected chi connectivity index (χ1v) is 10.3. The molecule has 0 aromatic carbocycles. The number of piperidine rings is 2. The van der Waals surface area contributed by atoms with Crippen LogP contribution in [-0.4, -0.2) is 63.6 Å². The van der Waals surface area contributed by atoms with Gasteiger partial charge in [-0.25, -0.2) is 0 Å². The highest BCUT2D eigenvalue weighted by molar-refractivity contribution is 5.91. The van der Waals surface area contributed by atoms with Crippen LogP contribution in [0.1, 0.15) is 51.4 Å². The molecule has 1 aliphatic carbocycles. The number of nitrogens with zero attached hydrogens (tertiary/aromatic N) is 4. The zero-order chi connectivity index (χ0) is 18.9. The lowest BCUT2D eigenvalue weighted by atomic mass is 9.72. The zero-order valence-corrected chi connectivity index (χ0v) is 16.3. The predicted molar refractivity (Wildman–Crippen MR) is 103 cm³/mol. The van der Waals surface area contributed by atoms with E-state index in [-0.39, 0.29) is 11.3 Å². The molecule has 3 heterocycles. The van der Waals surface area contributed by atoms with Crippen molar-refractivity contribution in [2.45, 2.75) is 57.4 Å². The van der Waals surface area contributed by atoms with Gasteiger partial charge in [0.1, 0.15) is 0 Å². The second-order valence-corrected chi connectivity index (χ2v) is 8.66. The molecule has 0 radical (unpaired) electrons. The SMILES string of the molecule is Cn1ccc(NC(=O)CN2CCC3(CCC(=O)N(C4CCCC4)C3)CC2)n1. The third kappa shape index (κ3) is 4.18. The van der Waals surface area contributed by atoms with Crippen molar-refractivity contribution in [3.8, 4) is 0 Å². The van der Waals surface area contributed by atoms with Crippen LogP contribution in [0.2, 0.25) is 0 Å². The normalized spacial score (nSPS) is 23.9. The first-order chi connectivity index (χ1) is 13.0. The minimum atomic E-state index is -0.00365. The molecule has 2 aliphatic heterocycles.